The van der Waals surface area contributed by atoms with Crippen molar-refractivity contribution >= 4 is 37.8 Å². The van der Waals surface area contributed by atoms with E-state index in [4.69, 9.17) is 4.74 Å². The Morgan fingerprint density at radius 3 is 2.73 bits per heavy atom. The molecular formula is C7H12Br2O2. The molecule has 4 heteroatoms. The van der Waals surface area contributed by atoms with Gasteiger partial charge in [0.05, 0.1) is 6.61 Å². The predicted octanol–water partition coefficient (Wildman–Crippen LogP) is 2.49. The molecule has 0 aromatic rings. The highest BCUT2D eigenvalue weighted by molar-refractivity contribution is 9.12. The molecule has 0 aliphatic rings. The van der Waals surface area contributed by atoms with E-state index < -0.39 is 0 Å². The number of hydrogen-bond acceptors (Lipinski definition) is 2. The molecule has 0 saturated heterocycles. The number of alkyl halides is 2. The first kappa shape index (κ1) is 11.4. The van der Waals surface area contributed by atoms with Crippen LogP contribution in [0.3, 0.4) is 0 Å². The molecular weight excluding hydrogens is 276 g/mol. The summed E-state index contributed by atoms with van der Waals surface area (Å²) in [7, 11) is 0. The van der Waals surface area contributed by atoms with E-state index in [0.717, 1.165) is 11.8 Å². The SMILES string of the molecule is CCOC(=O)CCC(Br)CBr. The minimum atomic E-state index is -0.113. The second kappa shape index (κ2) is 7.10. The van der Waals surface area contributed by atoms with Crippen LogP contribution in [-0.2, 0) is 9.53 Å². The molecule has 0 amide bonds. The van der Waals surface area contributed by atoms with Gasteiger partial charge >= 0.3 is 5.97 Å². The maximum atomic E-state index is 10.8. The van der Waals surface area contributed by atoms with Crippen molar-refractivity contribution in [2.24, 2.45) is 0 Å². The lowest BCUT2D eigenvalue weighted by atomic mass is 10.2. The van der Waals surface area contributed by atoms with Gasteiger partial charge in [-0.25, -0.2) is 0 Å². The third-order valence-electron chi connectivity index (χ3n) is 1.13. The van der Waals surface area contributed by atoms with E-state index in [0.29, 0.717) is 17.9 Å². The Morgan fingerprint density at radius 1 is 1.64 bits per heavy atom. The van der Waals surface area contributed by atoms with E-state index in [9.17, 15) is 4.79 Å². The first-order valence-electron chi connectivity index (χ1n) is 3.56. The highest BCUT2D eigenvalue weighted by atomic mass is 79.9. The fourth-order valence-electron chi connectivity index (χ4n) is 0.585. The summed E-state index contributed by atoms with van der Waals surface area (Å²) in [5, 5.41) is 0.867. The average Bonchev–Trinajstić information content (AvgIpc) is 2.01. The highest BCUT2D eigenvalue weighted by Gasteiger charge is 2.06. The van der Waals surface area contributed by atoms with Crippen molar-refractivity contribution in [1.82, 2.24) is 0 Å². The number of carbonyl (C=O) groups is 1. The minimum Gasteiger partial charge on any atom is -0.466 e. The normalized spacial score (nSPS) is 12.6. The Bertz CT molecular complexity index is 117. The number of rotatable bonds is 5. The van der Waals surface area contributed by atoms with E-state index in [-0.39, 0.29) is 5.97 Å². The lowest BCUT2D eigenvalue weighted by Crippen LogP contribution is -2.08. The molecule has 1 unspecified atom stereocenters. The first-order valence-corrected chi connectivity index (χ1v) is 5.60. The topological polar surface area (TPSA) is 26.3 Å². The van der Waals surface area contributed by atoms with Crippen LogP contribution in [0, 0.1) is 0 Å². The van der Waals surface area contributed by atoms with Crippen LogP contribution in [0.2, 0.25) is 0 Å². The van der Waals surface area contributed by atoms with E-state index in [1.807, 2.05) is 6.92 Å². The van der Waals surface area contributed by atoms with Gasteiger partial charge in [0.1, 0.15) is 0 Å². The highest BCUT2D eigenvalue weighted by Crippen LogP contribution is 2.10. The molecule has 0 aliphatic heterocycles. The third kappa shape index (κ3) is 6.81. The van der Waals surface area contributed by atoms with Gasteiger partial charge in [0.25, 0.3) is 0 Å². The Balaban J connectivity index is 3.30. The number of halogens is 2. The second-order valence-corrected chi connectivity index (χ2v) is 4.04. The Kier molecular flexibility index (Phi) is 7.38. The molecule has 11 heavy (non-hydrogen) atoms. The van der Waals surface area contributed by atoms with Gasteiger partial charge in [0, 0.05) is 16.6 Å². The third-order valence-corrected chi connectivity index (χ3v) is 3.57. The van der Waals surface area contributed by atoms with Crippen LogP contribution in [0.15, 0.2) is 0 Å². The number of hydrogen-bond donors (Lipinski definition) is 0. The van der Waals surface area contributed by atoms with Gasteiger partial charge in [-0.2, -0.15) is 0 Å². The maximum Gasteiger partial charge on any atom is 0.305 e. The van der Waals surface area contributed by atoms with Crippen molar-refractivity contribution in [3.8, 4) is 0 Å². The summed E-state index contributed by atoms with van der Waals surface area (Å²) in [6.07, 6.45) is 1.32. The van der Waals surface area contributed by atoms with E-state index in [1.165, 1.54) is 0 Å². The molecule has 0 heterocycles. The van der Waals surface area contributed by atoms with Crippen molar-refractivity contribution in [3.05, 3.63) is 0 Å². The van der Waals surface area contributed by atoms with Crippen molar-refractivity contribution in [3.63, 3.8) is 0 Å². The van der Waals surface area contributed by atoms with E-state index >= 15 is 0 Å². The van der Waals surface area contributed by atoms with Crippen LogP contribution >= 0.6 is 31.9 Å². The summed E-state index contributed by atoms with van der Waals surface area (Å²) in [4.78, 5) is 11.2. The van der Waals surface area contributed by atoms with Crippen molar-refractivity contribution in [2.75, 3.05) is 11.9 Å². The first-order chi connectivity index (χ1) is 5.20. The van der Waals surface area contributed by atoms with Crippen LogP contribution in [0.4, 0.5) is 0 Å². The lowest BCUT2D eigenvalue weighted by Gasteiger charge is -2.04. The molecule has 0 spiro atoms. The Morgan fingerprint density at radius 2 is 2.27 bits per heavy atom. The van der Waals surface area contributed by atoms with Crippen LogP contribution < -0.4 is 0 Å². The van der Waals surface area contributed by atoms with Crippen LogP contribution in [0.25, 0.3) is 0 Å². The van der Waals surface area contributed by atoms with Gasteiger partial charge < -0.3 is 4.74 Å². The molecule has 0 aliphatic carbocycles. The molecule has 66 valence electrons. The van der Waals surface area contributed by atoms with E-state index in [1.54, 1.807) is 0 Å². The van der Waals surface area contributed by atoms with Crippen molar-refractivity contribution in [2.45, 2.75) is 24.6 Å². The summed E-state index contributed by atoms with van der Waals surface area (Å²) < 4.78 is 4.76. The van der Waals surface area contributed by atoms with Crippen LogP contribution in [0.5, 0.6) is 0 Å². The number of ether oxygens (including phenoxy) is 1. The van der Waals surface area contributed by atoms with Crippen LogP contribution in [-0.4, -0.2) is 22.7 Å². The fraction of sp³-hybridized carbons (Fsp3) is 0.857. The molecule has 0 aromatic heterocycles. The average molecular weight is 288 g/mol. The molecule has 2 nitrogen and oxygen atoms in total. The second-order valence-electron chi connectivity index (χ2n) is 2.10. The van der Waals surface area contributed by atoms with Gasteiger partial charge in [-0.3, -0.25) is 4.79 Å². The number of carbonyl (C=O) groups excluding carboxylic acids is 1. The van der Waals surface area contributed by atoms with Gasteiger partial charge in [0.15, 0.2) is 0 Å². The molecule has 0 radical (unpaired) electrons. The Labute approximate surface area is 83.9 Å². The summed E-state index contributed by atoms with van der Waals surface area (Å²) in [5.41, 5.74) is 0. The van der Waals surface area contributed by atoms with Crippen LogP contribution in [0.1, 0.15) is 19.8 Å². The Hall–Kier alpha value is 0.430. The smallest absolute Gasteiger partial charge is 0.305 e. The minimum absolute atomic E-state index is 0.113. The largest absolute Gasteiger partial charge is 0.466 e. The summed E-state index contributed by atoms with van der Waals surface area (Å²) in [6.45, 7) is 2.29. The molecule has 0 bridgehead atoms. The molecule has 0 N–H and O–H groups in total. The molecule has 0 aromatic carbocycles. The predicted molar refractivity (Wildman–Crippen MR) is 52.4 cm³/mol. The van der Waals surface area contributed by atoms with Crippen molar-refractivity contribution in [1.29, 1.82) is 0 Å². The fourth-order valence-corrected chi connectivity index (χ4v) is 1.14. The standard InChI is InChI=1S/C7H12Br2O2/c1-2-11-7(10)4-3-6(9)5-8/h6H,2-5H2,1H3. The van der Waals surface area contributed by atoms with E-state index in [2.05, 4.69) is 31.9 Å². The summed E-state index contributed by atoms with van der Waals surface area (Å²) in [6, 6.07) is 0. The summed E-state index contributed by atoms with van der Waals surface area (Å²) >= 11 is 6.71. The maximum absolute atomic E-state index is 10.8. The van der Waals surface area contributed by atoms with Gasteiger partial charge in [-0.15, -0.1) is 0 Å². The summed E-state index contributed by atoms with van der Waals surface area (Å²) in [5.74, 6) is -0.113. The van der Waals surface area contributed by atoms with Crippen molar-refractivity contribution < 1.29 is 9.53 Å². The van der Waals surface area contributed by atoms with Gasteiger partial charge in [-0.1, -0.05) is 31.9 Å². The zero-order chi connectivity index (χ0) is 8.69. The monoisotopic (exact) mass is 286 g/mol. The number of esters is 1. The zero-order valence-corrected chi connectivity index (χ0v) is 9.65. The molecule has 0 fully saturated rings. The molecule has 0 saturated carbocycles. The lowest BCUT2D eigenvalue weighted by molar-refractivity contribution is -0.143. The van der Waals surface area contributed by atoms with Gasteiger partial charge in [0.2, 0.25) is 0 Å². The molecule has 0 rings (SSSR count). The zero-order valence-electron chi connectivity index (χ0n) is 6.48. The quantitative estimate of drug-likeness (QED) is 0.574. The van der Waals surface area contributed by atoms with Gasteiger partial charge in [-0.05, 0) is 13.3 Å². The molecule has 1 atom stereocenters.